The first-order chi connectivity index (χ1) is 9.60. The van der Waals surface area contributed by atoms with E-state index >= 15 is 0 Å². The summed E-state index contributed by atoms with van der Waals surface area (Å²) in [5, 5.41) is 0.347. The molecule has 0 radical (unpaired) electrons. The van der Waals surface area contributed by atoms with E-state index in [1.54, 1.807) is 0 Å². The van der Waals surface area contributed by atoms with Gasteiger partial charge in [-0.05, 0) is 50.0 Å². The molecule has 0 saturated heterocycles. The zero-order valence-corrected chi connectivity index (χ0v) is 15.0. The molecule has 1 atom stereocenters. The second-order valence-electron chi connectivity index (χ2n) is 8.57. The molecule has 0 bridgehead atoms. The molecule has 0 spiro atoms. The molecule has 2 rings (SSSR count). The Morgan fingerprint density at radius 3 is 2.33 bits per heavy atom. The van der Waals surface area contributed by atoms with Gasteiger partial charge in [0, 0.05) is 11.7 Å². The molecule has 0 fully saturated rings. The lowest BCUT2D eigenvalue weighted by atomic mass is 9.45. The lowest BCUT2D eigenvalue weighted by molar-refractivity contribution is -0.128. The van der Waals surface area contributed by atoms with E-state index < -0.39 is 0 Å². The fourth-order valence-corrected chi connectivity index (χ4v) is 4.52. The van der Waals surface area contributed by atoms with Crippen molar-refractivity contribution in [2.24, 2.45) is 11.3 Å². The van der Waals surface area contributed by atoms with Gasteiger partial charge in [0.15, 0.2) is 0 Å². The van der Waals surface area contributed by atoms with Crippen molar-refractivity contribution in [1.29, 1.82) is 0 Å². The molecule has 2 aliphatic rings. The van der Waals surface area contributed by atoms with Crippen molar-refractivity contribution in [3.63, 3.8) is 0 Å². The predicted octanol–water partition coefficient (Wildman–Crippen LogP) is 3.93. The van der Waals surface area contributed by atoms with E-state index in [1.165, 1.54) is 24.1 Å². The zero-order chi connectivity index (χ0) is 16.0. The molecule has 0 N–H and O–H groups in total. The standard InChI is InChI=1S/C18H32BNO/c1-12(2)18(19)9-7-8-15-14(11-17(18,5)6)10-16(21)20(15)13(3)4/h12-13H,7-11,19H2,1-6H3. The molecular weight excluding hydrogens is 257 g/mol. The highest BCUT2D eigenvalue weighted by Gasteiger charge is 2.46. The molecule has 118 valence electrons. The minimum Gasteiger partial charge on any atom is -0.313 e. The third kappa shape index (κ3) is 2.69. The van der Waals surface area contributed by atoms with Gasteiger partial charge in [0.05, 0.1) is 6.42 Å². The van der Waals surface area contributed by atoms with Crippen LogP contribution in [0.15, 0.2) is 11.3 Å². The topological polar surface area (TPSA) is 20.3 Å². The summed E-state index contributed by atoms with van der Waals surface area (Å²) >= 11 is 0. The van der Waals surface area contributed by atoms with E-state index in [-0.39, 0.29) is 5.41 Å². The van der Waals surface area contributed by atoms with E-state index in [4.69, 9.17) is 0 Å². The van der Waals surface area contributed by atoms with Crippen LogP contribution in [0.5, 0.6) is 0 Å². The Balaban J connectivity index is 2.38. The van der Waals surface area contributed by atoms with Gasteiger partial charge in [0.2, 0.25) is 5.91 Å². The van der Waals surface area contributed by atoms with Crippen molar-refractivity contribution in [2.45, 2.75) is 85.0 Å². The van der Waals surface area contributed by atoms with Crippen molar-refractivity contribution in [3.05, 3.63) is 11.3 Å². The molecule has 3 heteroatoms. The van der Waals surface area contributed by atoms with Gasteiger partial charge < -0.3 is 4.90 Å². The Morgan fingerprint density at radius 1 is 1.19 bits per heavy atom. The third-order valence-electron chi connectivity index (χ3n) is 6.43. The van der Waals surface area contributed by atoms with Gasteiger partial charge in [-0.15, -0.1) is 0 Å². The smallest absolute Gasteiger partial charge is 0.231 e. The lowest BCUT2D eigenvalue weighted by Crippen LogP contribution is -2.38. The second kappa shape index (κ2) is 5.48. The predicted molar refractivity (Wildman–Crippen MR) is 91.9 cm³/mol. The molecule has 1 unspecified atom stereocenters. The summed E-state index contributed by atoms with van der Waals surface area (Å²) in [6.45, 7) is 13.8. The first-order valence-corrected chi connectivity index (χ1v) is 8.63. The zero-order valence-electron chi connectivity index (χ0n) is 15.0. The second-order valence-corrected chi connectivity index (χ2v) is 8.57. The van der Waals surface area contributed by atoms with Crippen LogP contribution in [0.2, 0.25) is 5.31 Å². The first-order valence-electron chi connectivity index (χ1n) is 8.63. The molecule has 1 aliphatic heterocycles. The van der Waals surface area contributed by atoms with Crippen molar-refractivity contribution in [3.8, 4) is 0 Å². The van der Waals surface area contributed by atoms with Gasteiger partial charge in [-0.1, -0.05) is 39.4 Å². The van der Waals surface area contributed by atoms with Crippen LogP contribution in [0.1, 0.15) is 73.6 Å². The van der Waals surface area contributed by atoms with Crippen LogP contribution < -0.4 is 0 Å². The summed E-state index contributed by atoms with van der Waals surface area (Å²) in [7, 11) is 2.46. The van der Waals surface area contributed by atoms with E-state index in [9.17, 15) is 4.79 Å². The molecule has 1 heterocycles. The Bertz CT molecular complexity index is 464. The minimum absolute atomic E-state index is 0.245. The summed E-state index contributed by atoms with van der Waals surface area (Å²) in [6, 6.07) is 0.295. The SMILES string of the molecule is BC1(C(C)C)CCCC2=C(CC(=O)N2C(C)C)CC1(C)C. The molecular formula is C18H32BNO. The number of hydrogen-bond acceptors (Lipinski definition) is 1. The van der Waals surface area contributed by atoms with E-state index in [2.05, 4.69) is 54.3 Å². The van der Waals surface area contributed by atoms with Gasteiger partial charge in [-0.2, -0.15) is 0 Å². The van der Waals surface area contributed by atoms with Crippen molar-refractivity contribution in [1.82, 2.24) is 4.90 Å². The molecule has 0 aromatic carbocycles. The van der Waals surface area contributed by atoms with Crippen LogP contribution in [0.3, 0.4) is 0 Å². The van der Waals surface area contributed by atoms with Crippen LogP contribution in [-0.2, 0) is 4.79 Å². The van der Waals surface area contributed by atoms with Gasteiger partial charge >= 0.3 is 0 Å². The third-order valence-corrected chi connectivity index (χ3v) is 6.43. The largest absolute Gasteiger partial charge is 0.313 e. The summed E-state index contributed by atoms with van der Waals surface area (Å²) in [4.78, 5) is 14.5. The molecule has 1 aliphatic carbocycles. The number of hydrogen-bond donors (Lipinski definition) is 0. The van der Waals surface area contributed by atoms with Crippen LogP contribution in [0.25, 0.3) is 0 Å². The molecule has 0 saturated carbocycles. The van der Waals surface area contributed by atoms with Crippen LogP contribution in [-0.4, -0.2) is 24.7 Å². The fourth-order valence-electron chi connectivity index (χ4n) is 4.52. The molecule has 0 aromatic heterocycles. The molecule has 21 heavy (non-hydrogen) atoms. The summed E-state index contributed by atoms with van der Waals surface area (Å²) in [5.74, 6) is 0.993. The van der Waals surface area contributed by atoms with Crippen molar-refractivity contribution in [2.75, 3.05) is 0 Å². The average Bonchev–Trinajstić information content (AvgIpc) is 2.62. The summed E-state index contributed by atoms with van der Waals surface area (Å²) < 4.78 is 0. The monoisotopic (exact) mass is 289 g/mol. The van der Waals surface area contributed by atoms with Gasteiger partial charge in [0.1, 0.15) is 7.85 Å². The van der Waals surface area contributed by atoms with Gasteiger partial charge in [-0.25, -0.2) is 0 Å². The molecule has 1 amide bonds. The highest BCUT2D eigenvalue weighted by atomic mass is 16.2. The van der Waals surface area contributed by atoms with E-state index in [0.717, 1.165) is 12.8 Å². The first kappa shape index (κ1) is 16.6. The van der Waals surface area contributed by atoms with Crippen LogP contribution in [0, 0.1) is 11.3 Å². The van der Waals surface area contributed by atoms with Crippen molar-refractivity contribution < 1.29 is 4.79 Å². The maximum Gasteiger partial charge on any atom is 0.231 e. The number of amides is 1. The van der Waals surface area contributed by atoms with Crippen LogP contribution in [0.4, 0.5) is 0 Å². The fraction of sp³-hybridized carbons (Fsp3) is 0.833. The Labute approximate surface area is 131 Å². The Kier molecular flexibility index (Phi) is 4.34. The number of carbonyl (C=O) groups is 1. The van der Waals surface area contributed by atoms with E-state index in [1.807, 2.05) is 0 Å². The normalized spacial score (nSPS) is 29.9. The van der Waals surface area contributed by atoms with Gasteiger partial charge in [0.25, 0.3) is 0 Å². The number of carbonyl (C=O) groups excluding carboxylic acids is 1. The van der Waals surface area contributed by atoms with Crippen molar-refractivity contribution >= 4 is 13.8 Å². The summed E-state index contributed by atoms with van der Waals surface area (Å²) in [5.41, 5.74) is 3.02. The number of nitrogens with zero attached hydrogens (tertiary/aromatic N) is 1. The molecule has 2 nitrogen and oxygen atoms in total. The van der Waals surface area contributed by atoms with Crippen LogP contribution >= 0.6 is 0 Å². The summed E-state index contributed by atoms with van der Waals surface area (Å²) in [6.07, 6.45) is 5.27. The number of rotatable bonds is 2. The average molecular weight is 289 g/mol. The quantitative estimate of drug-likeness (QED) is 0.705. The highest BCUT2D eigenvalue weighted by molar-refractivity contribution is 6.16. The lowest BCUT2D eigenvalue weighted by Gasteiger charge is -2.50. The highest BCUT2D eigenvalue weighted by Crippen LogP contribution is 2.58. The number of allylic oxidation sites excluding steroid dienone is 1. The Morgan fingerprint density at radius 2 is 1.81 bits per heavy atom. The van der Waals surface area contributed by atoms with E-state index in [0.29, 0.717) is 29.6 Å². The Hall–Kier alpha value is -0.725. The maximum atomic E-state index is 12.4. The van der Waals surface area contributed by atoms with Gasteiger partial charge in [-0.3, -0.25) is 4.79 Å². The molecule has 0 aromatic rings. The maximum absolute atomic E-state index is 12.4. The minimum atomic E-state index is 0.245.